The molecule has 0 aromatic heterocycles. The van der Waals surface area contributed by atoms with Crippen LogP contribution in [0.1, 0.15) is 0 Å². The molecule has 0 heterocycles. The quantitative estimate of drug-likeness (QED) is 0.357. The molecule has 4 nitrogen and oxygen atoms in total. The van der Waals surface area contributed by atoms with Gasteiger partial charge in [0.1, 0.15) is 0 Å². The van der Waals surface area contributed by atoms with E-state index in [9.17, 15) is 4.79 Å². The Morgan fingerprint density at radius 2 is 1.60 bits per heavy atom. The Bertz CT molecular complexity index is 146. The molecule has 0 saturated carbocycles. The highest BCUT2D eigenvalue weighted by molar-refractivity contribution is 6.75. The van der Waals surface area contributed by atoms with Crippen molar-refractivity contribution in [1.29, 1.82) is 5.41 Å². The van der Waals surface area contributed by atoms with Crippen molar-refractivity contribution in [2.24, 2.45) is 0 Å². The van der Waals surface area contributed by atoms with Gasteiger partial charge < -0.3 is 5.11 Å². The van der Waals surface area contributed by atoms with Crippen molar-refractivity contribution in [3.63, 3.8) is 0 Å². The molecule has 0 unspecified atom stereocenters. The molecule has 0 aromatic rings. The smallest absolute Gasteiger partial charge is 0.356 e. The minimum Gasteiger partial charge on any atom is -0.478 e. The van der Waals surface area contributed by atoms with E-state index in [2.05, 4.69) is 0 Å². The van der Waals surface area contributed by atoms with Gasteiger partial charge in [0.2, 0.25) is 6.08 Å². The van der Waals surface area contributed by atoms with Crippen LogP contribution in [0.2, 0.25) is 0 Å². The minimum atomic E-state index is -2.17. The summed E-state index contributed by atoms with van der Waals surface area (Å²) in [5, 5.41) is 13.3. The zero-order chi connectivity index (χ0) is 8.78. The molecule has 0 rings (SSSR count). The molecule has 2 N–H and O–H groups in total. The van der Waals surface area contributed by atoms with Gasteiger partial charge in [-0.05, 0) is 0 Å². The molecule has 0 aliphatic heterocycles. The second-order valence-corrected chi connectivity index (χ2v) is 3.19. The molecule has 0 spiro atoms. The molecular weight excluding hydrogens is 204 g/mol. The van der Waals surface area contributed by atoms with E-state index in [-0.39, 0.29) is 0 Å². The maximum Gasteiger partial charge on any atom is 0.356 e. The fourth-order valence-corrected chi connectivity index (χ4v) is 0. The van der Waals surface area contributed by atoms with E-state index in [1.807, 2.05) is 0 Å². The molecule has 0 bridgehead atoms. The molecule has 0 radical (unpaired) electrons. The normalized spacial score (nSPS) is 8.70. The van der Waals surface area contributed by atoms with E-state index in [4.69, 9.17) is 50.1 Å². The lowest BCUT2D eigenvalue weighted by Crippen LogP contribution is -2.16. The largest absolute Gasteiger partial charge is 0.478 e. The summed E-state index contributed by atoms with van der Waals surface area (Å²) in [6.45, 7) is 0. The van der Waals surface area contributed by atoms with E-state index < -0.39 is 9.76 Å². The number of carbonyl (C=O) groups is 1. The van der Waals surface area contributed by atoms with Gasteiger partial charge in [0, 0.05) is 0 Å². The third kappa shape index (κ3) is 10.7. The van der Waals surface area contributed by atoms with Crippen molar-refractivity contribution >= 4 is 46.9 Å². The van der Waals surface area contributed by atoms with E-state index in [1.165, 1.54) is 0 Å². The molecule has 7 heteroatoms. The molecule has 0 aliphatic carbocycles. The fraction of sp³-hybridized carbons (Fsp3) is 0.333. The number of carbonyl (C=O) groups excluding carboxylic acids is 1. The molecule has 10 heavy (non-hydrogen) atoms. The van der Waals surface area contributed by atoms with Gasteiger partial charge in [0.05, 0.1) is 0 Å². The minimum absolute atomic E-state index is 0.750. The van der Waals surface area contributed by atoms with Crippen molar-refractivity contribution < 1.29 is 14.7 Å². The number of aliphatic carboxylic acids is 1. The molecule has 0 aliphatic rings. The van der Waals surface area contributed by atoms with Crippen LogP contribution in [0.3, 0.4) is 0 Å². The first kappa shape index (κ1) is 12.4. The first-order valence-electron chi connectivity index (χ1n) is 1.70. The van der Waals surface area contributed by atoms with Crippen LogP contribution in [0.15, 0.2) is 0 Å². The summed E-state index contributed by atoms with van der Waals surface area (Å²) in [6.07, 6.45) is 0.750. The van der Waals surface area contributed by atoms with Gasteiger partial charge in [0.15, 0.2) is 0 Å². The van der Waals surface area contributed by atoms with Gasteiger partial charge in [-0.2, -0.15) is 0 Å². The van der Waals surface area contributed by atoms with Gasteiger partial charge in [-0.15, -0.1) is 0 Å². The van der Waals surface area contributed by atoms with E-state index >= 15 is 0 Å². The van der Waals surface area contributed by atoms with Crippen molar-refractivity contribution in [3.05, 3.63) is 0 Å². The van der Waals surface area contributed by atoms with E-state index in [0.29, 0.717) is 0 Å². The number of rotatable bonds is 0. The number of hydrogen-bond acceptors (Lipinski definition) is 3. The molecule has 0 saturated heterocycles. The molecule has 0 amide bonds. The standard InChI is InChI=1S/C2HCl3O2.CHNO/c3-2(4,5)1(6)7;2-1-3/h(H,6,7);2H. The SMILES string of the molecule is N=C=O.O=C(O)C(Cl)(Cl)Cl. The summed E-state index contributed by atoms with van der Waals surface area (Å²) in [6, 6.07) is 0. The number of nitrogens with one attached hydrogen (secondary N) is 1. The van der Waals surface area contributed by atoms with Crippen LogP contribution >= 0.6 is 34.8 Å². The molecule has 0 atom stereocenters. The summed E-state index contributed by atoms with van der Waals surface area (Å²) < 4.78 is -2.17. The van der Waals surface area contributed by atoms with Gasteiger partial charge in [0.25, 0.3) is 3.79 Å². The summed E-state index contributed by atoms with van der Waals surface area (Å²) >= 11 is 14.4. The van der Waals surface area contributed by atoms with Crippen molar-refractivity contribution in [2.75, 3.05) is 0 Å². The maximum atomic E-state index is 9.62. The fourth-order valence-electron chi connectivity index (χ4n) is 0. The highest BCUT2D eigenvalue weighted by Crippen LogP contribution is 2.25. The van der Waals surface area contributed by atoms with Crippen LogP contribution in [0.25, 0.3) is 0 Å². The average molecular weight is 206 g/mol. The number of carboxylic acid groups (broad SMARTS) is 1. The third-order valence-electron chi connectivity index (χ3n) is 0.243. The van der Waals surface area contributed by atoms with E-state index in [1.54, 1.807) is 0 Å². The monoisotopic (exact) mass is 205 g/mol. The summed E-state index contributed by atoms with van der Waals surface area (Å²) in [7, 11) is 0. The molecule has 0 fully saturated rings. The van der Waals surface area contributed by atoms with Crippen LogP contribution in [0, 0.1) is 5.41 Å². The Balaban J connectivity index is 0. The number of halogens is 3. The number of hydrogen-bond donors (Lipinski definition) is 2. The van der Waals surface area contributed by atoms with Crippen LogP contribution < -0.4 is 0 Å². The molecule has 0 aromatic carbocycles. The molecular formula is C3H2Cl3NO3. The Morgan fingerprint density at radius 1 is 1.50 bits per heavy atom. The lowest BCUT2D eigenvalue weighted by atomic mass is 10.8. The van der Waals surface area contributed by atoms with Gasteiger partial charge in [-0.1, -0.05) is 34.8 Å². The Kier molecular flexibility index (Phi) is 6.82. The van der Waals surface area contributed by atoms with Crippen LogP contribution in [-0.4, -0.2) is 20.9 Å². The van der Waals surface area contributed by atoms with Gasteiger partial charge in [-0.25, -0.2) is 15.0 Å². The first-order valence-corrected chi connectivity index (χ1v) is 2.83. The number of alkyl halides is 3. The lowest BCUT2D eigenvalue weighted by molar-refractivity contribution is -0.135. The summed E-state index contributed by atoms with van der Waals surface area (Å²) in [4.78, 5) is 18.0. The van der Waals surface area contributed by atoms with Crippen molar-refractivity contribution in [3.8, 4) is 0 Å². The second-order valence-electron chi connectivity index (χ2n) is 0.905. The zero-order valence-electron chi connectivity index (χ0n) is 4.40. The Hall–Kier alpha value is -0.280. The topological polar surface area (TPSA) is 78.2 Å². The summed E-state index contributed by atoms with van der Waals surface area (Å²) in [5.41, 5.74) is 0. The summed E-state index contributed by atoms with van der Waals surface area (Å²) in [5.74, 6) is -1.46. The van der Waals surface area contributed by atoms with Gasteiger partial charge in [-0.3, -0.25) is 0 Å². The van der Waals surface area contributed by atoms with Crippen LogP contribution in [-0.2, 0) is 9.59 Å². The van der Waals surface area contributed by atoms with Crippen molar-refractivity contribution in [1.82, 2.24) is 0 Å². The predicted molar refractivity (Wildman–Crippen MR) is 36.3 cm³/mol. The third-order valence-corrected chi connectivity index (χ3v) is 0.728. The highest BCUT2D eigenvalue weighted by atomic mass is 35.6. The zero-order valence-corrected chi connectivity index (χ0v) is 6.67. The molecule has 58 valence electrons. The lowest BCUT2D eigenvalue weighted by Gasteiger charge is -1.99. The Morgan fingerprint density at radius 3 is 1.60 bits per heavy atom. The van der Waals surface area contributed by atoms with E-state index in [0.717, 1.165) is 6.08 Å². The number of isocyanates is 1. The second kappa shape index (κ2) is 5.50. The van der Waals surface area contributed by atoms with Crippen molar-refractivity contribution in [2.45, 2.75) is 3.79 Å². The Labute approximate surface area is 71.2 Å². The van der Waals surface area contributed by atoms with Crippen LogP contribution in [0.5, 0.6) is 0 Å². The number of carboxylic acids is 1. The van der Waals surface area contributed by atoms with Gasteiger partial charge >= 0.3 is 5.97 Å². The first-order chi connectivity index (χ1) is 4.36. The maximum absolute atomic E-state index is 9.62. The average Bonchev–Trinajstić information content (AvgIpc) is 1.64. The highest BCUT2D eigenvalue weighted by Gasteiger charge is 2.29. The van der Waals surface area contributed by atoms with Crippen LogP contribution in [0.4, 0.5) is 0 Å². The predicted octanol–water partition coefficient (Wildman–Crippen LogP) is 1.34.